The number of phenolic OH excluding ortho intramolecular Hbond substituents is 1. The number of H-pyrrole nitrogens is 1. The molecule has 0 spiro atoms. The molecule has 0 amide bonds. The van der Waals surface area contributed by atoms with E-state index in [2.05, 4.69) is 49.2 Å². The molecule has 5 nitrogen and oxygen atoms in total. The minimum atomic E-state index is -3.96. The Hall–Kier alpha value is -3.35. The molecule has 0 radical (unpaired) electrons. The molecule has 0 atom stereocenters. The van der Waals surface area contributed by atoms with Gasteiger partial charge in [0.15, 0.2) is 0 Å². The largest absolute Gasteiger partial charge is 0.507 e. The molecule has 0 aliphatic carbocycles. The highest BCUT2D eigenvalue weighted by molar-refractivity contribution is 8.13. The van der Waals surface area contributed by atoms with E-state index in [1.54, 1.807) is 6.07 Å². The Kier molecular flexibility index (Phi) is 4.73. The Morgan fingerprint density at radius 1 is 0.875 bits per heavy atom. The zero-order valence-electron chi connectivity index (χ0n) is 17.3. The summed E-state index contributed by atoms with van der Waals surface area (Å²) < 4.78 is 23.4. The Morgan fingerprint density at radius 3 is 2.38 bits per heavy atom. The molecule has 5 aromatic rings. The van der Waals surface area contributed by atoms with Crippen LogP contribution in [0, 0.1) is 13.8 Å². The van der Waals surface area contributed by atoms with Gasteiger partial charge in [-0.2, -0.15) is 0 Å². The zero-order valence-corrected chi connectivity index (χ0v) is 18.9. The molecule has 0 unspecified atom stereocenters. The van der Waals surface area contributed by atoms with Gasteiger partial charge in [0.1, 0.15) is 17.1 Å². The fourth-order valence-corrected chi connectivity index (χ4v) is 4.71. The van der Waals surface area contributed by atoms with Crippen molar-refractivity contribution in [1.29, 1.82) is 0 Å². The summed E-state index contributed by atoms with van der Waals surface area (Å²) in [6.45, 7) is 4.19. The third kappa shape index (κ3) is 3.51. The number of aromatic amines is 1. The van der Waals surface area contributed by atoms with Gasteiger partial charge in [0.05, 0.1) is 15.8 Å². The molecule has 1 heterocycles. The molecule has 0 saturated heterocycles. The molecule has 2 N–H and O–H groups in total. The van der Waals surface area contributed by atoms with Gasteiger partial charge < -0.3 is 10.1 Å². The van der Waals surface area contributed by atoms with Crippen molar-refractivity contribution in [2.24, 2.45) is 0 Å². The van der Waals surface area contributed by atoms with Gasteiger partial charge in [-0.05, 0) is 59.7 Å². The average Bonchev–Trinajstić information content (AvgIpc) is 3.19. The molecular formula is C25H19ClN2O3S. The normalized spacial score (nSPS) is 12.0. The molecule has 0 aliphatic heterocycles. The van der Waals surface area contributed by atoms with E-state index in [4.69, 9.17) is 15.7 Å². The van der Waals surface area contributed by atoms with Crippen LogP contribution in [-0.2, 0) is 9.05 Å². The summed E-state index contributed by atoms with van der Waals surface area (Å²) in [5, 5.41) is 11.6. The SMILES string of the molecule is Cc1ccc(-c2cccc(-c3nc4c(ccc5cc(S(=O)(=O)Cl)cc(O)c54)[nH]3)c2)cc1C. The van der Waals surface area contributed by atoms with Crippen molar-refractivity contribution in [2.75, 3.05) is 0 Å². The molecular weight excluding hydrogens is 444 g/mol. The van der Waals surface area contributed by atoms with Gasteiger partial charge in [-0.1, -0.05) is 42.5 Å². The molecule has 5 rings (SSSR count). The number of hydrogen-bond acceptors (Lipinski definition) is 4. The van der Waals surface area contributed by atoms with E-state index in [0.717, 1.165) is 28.3 Å². The van der Waals surface area contributed by atoms with Gasteiger partial charge in [-0.15, -0.1) is 0 Å². The first-order chi connectivity index (χ1) is 15.2. The van der Waals surface area contributed by atoms with Crippen LogP contribution >= 0.6 is 10.7 Å². The summed E-state index contributed by atoms with van der Waals surface area (Å²) in [7, 11) is 1.50. The summed E-state index contributed by atoms with van der Waals surface area (Å²) in [6.07, 6.45) is 0. The van der Waals surface area contributed by atoms with E-state index in [9.17, 15) is 13.5 Å². The summed E-state index contributed by atoms with van der Waals surface area (Å²) in [6, 6.07) is 20.6. The second kappa shape index (κ2) is 7.36. The van der Waals surface area contributed by atoms with Crippen molar-refractivity contribution < 1.29 is 13.5 Å². The summed E-state index contributed by atoms with van der Waals surface area (Å²) >= 11 is 0. The second-order valence-corrected chi connectivity index (χ2v) is 10.5. The van der Waals surface area contributed by atoms with Crippen molar-refractivity contribution in [1.82, 2.24) is 9.97 Å². The number of benzene rings is 4. The first kappa shape index (κ1) is 20.5. The lowest BCUT2D eigenvalue weighted by Gasteiger charge is -2.07. The number of aromatic hydroxyl groups is 1. The highest BCUT2D eigenvalue weighted by atomic mass is 35.7. The zero-order chi connectivity index (χ0) is 22.6. The maximum absolute atomic E-state index is 11.7. The summed E-state index contributed by atoms with van der Waals surface area (Å²) in [5.41, 5.74) is 6.89. The van der Waals surface area contributed by atoms with Gasteiger partial charge in [-0.3, -0.25) is 0 Å². The van der Waals surface area contributed by atoms with E-state index in [0.29, 0.717) is 22.1 Å². The minimum Gasteiger partial charge on any atom is -0.507 e. The summed E-state index contributed by atoms with van der Waals surface area (Å²) in [4.78, 5) is 7.89. The lowest BCUT2D eigenvalue weighted by Crippen LogP contribution is -1.91. The van der Waals surface area contributed by atoms with Crippen molar-refractivity contribution in [3.63, 3.8) is 0 Å². The highest BCUT2D eigenvalue weighted by Gasteiger charge is 2.17. The van der Waals surface area contributed by atoms with Gasteiger partial charge in [-0.25, -0.2) is 13.4 Å². The van der Waals surface area contributed by atoms with Crippen LogP contribution in [0.5, 0.6) is 5.75 Å². The lowest BCUT2D eigenvalue weighted by molar-refractivity contribution is 0.480. The number of halogens is 1. The molecule has 1 aromatic heterocycles. The first-order valence-electron chi connectivity index (χ1n) is 9.99. The molecule has 32 heavy (non-hydrogen) atoms. The number of aryl methyl sites for hydroxylation is 2. The van der Waals surface area contributed by atoms with Crippen LogP contribution in [-0.4, -0.2) is 23.5 Å². The quantitative estimate of drug-likeness (QED) is 0.308. The van der Waals surface area contributed by atoms with Gasteiger partial charge in [0.2, 0.25) is 0 Å². The van der Waals surface area contributed by atoms with Crippen LogP contribution in [0.3, 0.4) is 0 Å². The number of hydrogen-bond donors (Lipinski definition) is 2. The van der Waals surface area contributed by atoms with Crippen LogP contribution < -0.4 is 0 Å². The van der Waals surface area contributed by atoms with Crippen LogP contribution in [0.15, 0.2) is 71.6 Å². The van der Waals surface area contributed by atoms with Crippen LogP contribution in [0.2, 0.25) is 0 Å². The number of imidazole rings is 1. The Bertz CT molecular complexity index is 1640. The Labute approximate surface area is 189 Å². The van der Waals surface area contributed by atoms with Gasteiger partial charge in [0.25, 0.3) is 9.05 Å². The fourth-order valence-electron chi connectivity index (χ4n) is 3.93. The third-order valence-electron chi connectivity index (χ3n) is 5.78. The number of nitrogens with one attached hydrogen (secondary N) is 1. The van der Waals surface area contributed by atoms with Gasteiger partial charge in [0, 0.05) is 22.3 Å². The smallest absolute Gasteiger partial charge is 0.261 e. The highest BCUT2D eigenvalue weighted by Crippen LogP contribution is 2.36. The minimum absolute atomic E-state index is 0.152. The van der Waals surface area contributed by atoms with Gasteiger partial charge >= 0.3 is 0 Å². The van der Waals surface area contributed by atoms with Crippen molar-refractivity contribution in [3.8, 4) is 28.3 Å². The molecule has 160 valence electrons. The number of nitrogens with zero attached hydrogens (tertiary/aromatic N) is 1. The van der Waals surface area contributed by atoms with Crippen LogP contribution in [0.25, 0.3) is 44.3 Å². The molecule has 0 saturated carbocycles. The van der Waals surface area contributed by atoms with E-state index < -0.39 is 9.05 Å². The fraction of sp³-hybridized carbons (Fsp3) is 0.0800. The molecule has 0 bridgehead atoms. The monoisotopic (exact) mass is 462 g/mol. The maximum Gasteiger partial charge on any atom is 0.261 e. The molecule has 0 fully saturated rings. The van der Waals surface area contributed by atoms with E-state index in [-0.39, 0.29) is 10.6 Å². The topological polar surface area (TPSA) is 83.1 Å². The number of fused-ring (bicyclic) bond motifs is 3. The molecule has 4 aromatic carbocycles. The average molecular weight is 463 g/mol. The predicted octanol–water partition coefficient (Wildman–Crippen LogP) is 6.30. The molecule has 0 aliphatic rings. The van der Waals surface area contributed by atoms with Crippen molar-refractivity contribution in [3.05, 3.63) is 77.9 Å². The van der Waals surface area contributed by atoms with Crippen LogP contribution in [0.4, 0.5) is 0 Å². The maximum atomic E-state index is 11.7. The Morgan fingerprint density at radius 2 is 1.62 bits per heavy atom. The number of phenols is 1. The van der Waals surface area contributed by atoms with Crippen molar-refractivity contribution in [2.45, 2.75) is 18.7 Å². The van der Waals surface area contributed by atoms with E-state index in [1.165, 1.54) is 17.2 Å². The lowest BCUT2D eigenvalue weighted by atomic mass is 9.99. The standard InChI is InChI=1S/C25H19ClN2O3S/c1-14-6-7-17(10-15(14)2)16-4-3-5-19(11-16)25-27-21-9-8-18-12-20(32(26,30)31)13-22(29)23(18)24(21)28-25/h3-13,29H,1-2H3,(H,27,28). The first-order valence-corrected chi connectivity index (χ1v) is 12.3. The predicted molar refractivity (Wildman–Crippen MR) is 129 cm³/mol. The van der Waals surface area contributed by atoms with E-state index in [1.807, 2.05) is 18.2 Å². The number of rotatable bonds is 3. The van der Waals surface area contributed by atoms with Crippen LogP contribution in [0.1, 0.15) is 11.1 Å². The summed E-state index contributed by atoms with van der Waals surface area (Å²) in [5.74, 6) is 0.473. The number of aromatic nitrogens is 2. The van der Waals surface area contributed by atoms with Crippen molar-refractivity contribution >= 4 is 41.5 Å². The third-order valence-corrected chi connectivity index (χ3v) is 7.11. The second-order valence-electron chi connectivity index (χ2n) is 7.91. The van der Waals surface area contributed by atoms with E-state index >= 15 is 0 Å². The Balaban J connectivity index is 1.65. The molecule has 7 heteroatoms.